The number of sulfonamides is 1. The zero-order chi connectivity index (χ0) is 33.7. The van der Waals surface area contributed by atoms with E-state index >= 15 is 0 Å². The number of halogens is 2. The molecule has 0 saturated carbocycles. The molecule has 3 N–H and O–H groups in total. The van der Waals surface area contributed by atoms with E-state index in [-0.39, 0.29) is 54.0 Å². The highest BCUT2D eigenvalue weighted by Gasteiger charge is 2.37. The van der Waals surface area contributed by atoms with Gasteiger partial charge in [0, 0.05) is 56.5 Å². The first-order valence-electron chi connectivity index (χ1n) is 15.6. The summed E-state index contributed by atoms with van der Waals surface area (Å²) in [6, 6.07) is 13.7. The number of hydrogen-bond donors (Lipinski definition) is 3. The van der Waals surface area contributed by atoms with Crippen LogP contribution in [0.2, 0.25) is 0 Å². The molecule has 0 aromatic heterocycles. The molecular formula is C34H40F2N4O6S. The van der Waals surface area contributed by atoms with Gasteiger partial charge in [0.25, 0.3) is 11.8 Å². The Balaban J connectivity index is 1.40. The Labute approximate surface area is 273 Å². The molecule has 5 rings (SSSR count). The fourth-order valence-corrected chi connectivity index (χ4v) is 7.87. The van der Waals surface area contributed by atoms with Crippen molar-refractivity contribution in [1.29, 1.82) is 0 Å². The summed E-state index contributed by atoms with van der Waals surface area (Å²) in [7, 11) is -2.29. The van der Waals surface area contributed by atoms with Gasteiger partial charge in [0.1, 0.15) is 11.6 Å². The van der Waals surface area contributed by atoms with Crippen molar-refractivity contribution < 1.29 is 36.6 Å². The molecule has 2 heterocycles. The number of carbonyl (C=O) groups is 2. The van der Waals surface area contributed by atoms with Gasteiger partial charge < -0.3 is 25.4 Å². The van der Waals surface area contributed by atoms with E-state index in [0.717, 1.165) is 31.0 Å². The van der Waals surface area contributed by atoms with Gasteiger partial charge in [-0.3, -0.25) is 9.59 Å². The summed E-state index contributed by atoms with van der Waals surface area (Å²) in [6.07, 6.45) is 0.135. The number of nitrogens with zero attached hydrogens (tertiary/aromatic N) is 2. The minimum absolute atomic E-state index is 0.0651. The molecule has 2 saturated heterocycles. The number of benzene rings is 3. The molecule has 0 unspecified atom stereocenters. The van der Waals surface area contributed by atoms with Crippen LogP contribution in [0.5, 0.6) is 0 Å². The number of nitrogens with one attached hydrogen (secondary N) is 2. The summed E-state index contributed by atoms with van der Waals surface area (Å²) in [5, 5.41) is 17.6. The standard InChI is InChI=1S/C34H40F2N4O6S/c1-22-13-24(18-25(14-22)34(43)40-11-6-7-28(40)21-46-2)33(42)38-30(17-23-15-26(35)19-27(36)16-23)32(41)31-20-39(12-10-37-31)47(44,45)29-8-4-3-5-9-29/h3-5,8-9,13-16,18-19,28,30-32,37,41H,6-7,10-12,17,20-21H2,1-2H3,(H,38,42)/t28-,30+,31-,32+/m1/s1. The normalized spacial score (nSPS) is 20.1. The molecule has 2 amide bonds. The van der Waals surface area contributed by atoms with Gasteiger partial charge in [-0.2, -0.15) is 4.31 Å². The maximum absolute atomic E-state index is 14.2. The SMILES string of the molecule is COC[C@H]1CCCN1C(=O)c1cc(C)cc(C(=O)N[C@@H](Cc2cc(F)cc(F)c2)[C@H](O)[C@H]2CN(S(=O)(=O)c3ccccc3)CCN2)c1. The van der Waals surface area contributed by atoms with Gasteiger partial charge in [-0.25, -0.2) is 17.2 Å². The number of ether oxygens (including phenoxy) is 1. The Hall–Kier alpha value is -3.75. The molecule has 2 fully saturated rings. The molecule has 3 aromatic carbocycles. The lowest BCUT2D eigenvalue weighted by Gasteiger charge is -2.38. The number of carbonyl (C=O) groups excluding carboxylic acids is 2. The number of piperazine rings is 1. The minimum Gasteiger partial charge on any atom is -0.389 e. The van der Waals surface area contributed by atoms with E-state index < -0.39 is 45.8 Å². The quantitative estimate of drug-likeness (QED) is 0.286. The molecule has 10 nitrogen and oxygen atoms in total. The molecule has 0 aliphatic carbocycles. The Morgan fingerprint density at radius 3 is 2.45 bits per heavy atom. The maximum atomic E-state index is 14.2. The molecule has 3 aromatic rings. The van der Waals surface area contributed by atoms with Gasteiger partial charge in [-0.05, 0) is 79.8 Å². The van der Waals surface area contributed by atoms with E-state index in [0.29, 0.717) is 24.3 Å². The van der Waals surface area contributed by atoms with Gasteiger partial charge in [0.15, 0.2) is 0 Å². The number of likely N-dealkylation sites (tertiary alicyclic amines) is 1. The second kappa shape index (κ2) is 15.0. The van der Waals surface area contributed by atoms with Crippen molar-refractivity contribution in [3.63, 3.8) is 0 Å². The van der Waals surface area contributed by atoms with Crippen LogP contribution in [-0.4, -0.2) is 98.7 Å². The van der Waals surface area contributed by atoms with Gasteiger partial charge in [0.05, 0.1) is 29.7 Å². The van der Waals surface area contributed by atoms with Crippen molar-refractivity contribution in [3.05, 3.63) is 101 Å². The van der Waals surface area contributed by atoms with Crippen LogP contribution in [0.1, 0.15) is 44.7 Å². The summed E-state index contributed by atoms with van der Waals surface area (Å²) in [5.74, 6) is -2.46. The highest BCUT2D eigenvalue weighted by molar-refractivity contribution is 7.89. The molecule has 0 radical (unpaired) electrons. The number of rotatable bonds is 11. The maximum Gasteiger partial charge on any atom is 0.254 e. The molecule has 47 heavy (non-hydrogen) atoms. The molecular weight excluding hydrogens is 630 g/mol. The van der Waals surface area contributed by atoms with Crippen LogP contribution in [0, 0.1) is 18.6 Å². The Bertz CT molecular complexity index is 1670. The molecule has 2 aliphatic heterocycles. The van der Waals surface area contributed by atoms with E-state index in [1.165, 1.54) is 22.5 Å². The third-order valence-electron chi connectivity index (χ3n) is 8.65. The van der Waals surface area contributed by atoms with E-state index in [9.17, 15) is 31.9 Å². The number of methoxy groups -OCH3 is 1. The van der Waals surface area contributed by atoms with Crippen LogP contribution in [0.4, 0.5) is 8.78 Å². The van der Waals surface area contributed by atoms with Crippen molar-refractivity contribution in [2.45, 2.75) is 55.3 Å². The molecule has 2 aliphatic rings. The number of aliphatic hydroxyl groups excluding tert-OH is 1. The minimum atomic E-state index is -3.87. The summed E-state index contributed by atoms with van der Waals surface area (Å²) < 4.78 is 61.6. The second-order valence-corrected chi connectivity index (χ2v) is 14.1. The van der Waals surface area contributed by atoms with Gasteiger partial charge in [-0.1, -0.05) is 18.2 Å². The fraction of sp³-hybridized carbons (Fsp3) is 0.412. The van der Waals surface area contributed by atoms with E-state index in [2.05, 4.69) is 10.6 Å². The fourth-order valence-electron chi connectivity index (χ4n) is 6.38. The molecule has 0 spiro atoms. The summed E-state index contributed by atoms with van der Waals surface area (Å²) >= 11 is 0. The lowest BCUT2D eigenvalue weighted by molar-refractivity contribution is 0.0599. The predicted octanol–water partition coefficient (Wildman–Crippen LogP) is 2.89. The summed E-state index contributed by atoms with van der Waals surface area (Å²) in [6.45, 7) is 3.03. The molecule has 252 valence electrons. The van der Waals surface area contributed by atoms with Crippen LogP contribution in [-0.2, 0) is 21.2 Å². The average Bonchev–Trinajstić information content (AvgIpc) is 3.52. The number of aryl methyl sites for hydroxylation is 1. The highest BCUT2D eigenvalue weighted by Crippen LogP contribution is 2.23. The summed E-state index contributed by atoms with van der Waals surface area (Å²) in [5.41, 5.74) is 1.36. The lowest BCUT2D eigenvalue weighted by Crippen LogP contribution is -2.62. The zero-order valence-electron chi connectivity index (χ0n) is 26.4. The van der Waals surface area contributed by atoms with Crippen molar-refractivity contribution in [2.24, 2.45) is 0 Å². The van der Waals surface area contributed by atoms with Crippen LogP contribution in [0.15, 0.2) is 71.6 Å². The Kier molecular flexibility index (Phi) is 11.0. The Morgan fingerprint density at radius 1 is 1.04 bits per heavy atom. The second-order valence-electron chi connectivity index (χ2n) is 12.1. The molecule has 13 heteroatoms. The van der Waals surface area contributed by atoms with E-state index in [1.54, 1.807) is 49.3 Å². The predicted molar refractivity (Wildman–Crippen MR) is 171 cm³/mol. The van der Waals surface area contributed by atoms with Gasteiger partial charge >= 0.3 is 0 Å². The van der Waals surface area contributed by atoms with E-state index in [1.807, 2.05) is 0 Å². The third-order valence-corrected chi connectivity index (χ3v) is 10.5. The topological polar surface area (TPSA) is 128 Å². The van der Waals surface area contributed by atoms with Crippen LogP contribution >= 0.6 is 0 Å². The van der Waals surface area contributed by atoms with Crippen LogP contribution < -0.4 is 10.6 Å². The summed E-state index contributed by atoms with van der Waals surface area (Å²) in [4.78, 5) is 29.1. The number of hydrogen-bond acceptors (Lipinski definition) is 7. The van der Waals surface area contributed by atoms with Crippen molar-refractivity contribution in [1.82, 2.24) is 19.8 Å². The first-order chi connectivity index (χ1) is 22.5. The first-order valence-corrected chi connectivity index (χ1v) is 17.0. The largest absolute Gasteiger partial charge is 0.389 e. The Morgan fingerprint density at radius 2 is 1.74 bits per heavy atom. The van der Waals surface area contributed by atoms with Crippen LogP contribution in [0.3, 0.4) is 0 Å². The van der Waals surface area contributed by atoms with E-state index in [4.69, 9.17) is 4.74 Å². The van der Waals surface area contributed by atoms with Crippen molar-refractivity contribution >= 4 is 21.8 Å². The van der Waals surface area contributed by atoms with Crippen LogP contribution in [0.25, 0.3) is 0 Å². The molecule has 0 bridgehead atoms. The monoisotopic (exact) mass is 670 g/mol. The smallest absolute Gasteiger partial charge is 0.254 e. The highest BCUT2D eigenvalue weighted by atomic mass is 32.2. The zero-order valence-corrected chi connectivity index (χ0v) is 27.2. The number of aliphatic hydroxyl groups is 1. The lowest BCUT2D eigenvalue weighted by atomic mass is 9.94. The molecule has 4 atom stereocenters. The number of amides is 2. The van der Waals surface area contributed by atoms with Gasteiger partial charge in [-0.15, -0.1) is 0 Å². The van der Waals surface area contributed by atoms with Crippen molar-refractivity contribution in [3.8, 4) is 0 Å². The third kappa shape index (κ3) is 8.22. The van der Waals surface area contributed by atoms with Crippen molar-refractivity contribution in [2.75, 3.05) is 39.9 Å². The average molecular weight is 671 g/mol. The first kappa shape index (κ1) is 34.6. The van der Waals surface area contributed by atoms with Gasteiger partial charge in [0.2, 0.25) is 10.0 Å².